The van der Waals surface area contributed by atoms with Gasteiger partial charge in [-0.2, -0.15) is 0 Å². The van der Waals surface area contributed by atoms with Crippen molar-refractivity contribution in [1.29, 1.82) is 0 Å². The lowest BCUT2D eigenvalue weighted by atomic mass is 9.84. The predicted octanol–water partition coefficient (Wildman–Crippen LogP) is 3.57. The van der Waals surface area contributed by atoms with Gasteiger partial charge in [0.1, 0.15) is 34.0 Å². The molecule has 0 fully saturated rings. The molecule has 1 aromatic heterocycles. The minimum absolute atomic E-state index is 0.00266. The average molecular weight is 504 g/mol. The second-order valence-electron chi connectivity index (χ2n) is 8.32. The Hall–Kier alpha value is -4.99. The van der Waals surface area contributed by atoms with Crippen LogP contribution in [0.4, 0.5) is 0 Å². The standard InChI is InChI=1S/C27H20O10/c1-34-24(33)12-35-20-5-3-2-4-14(20)15-9-23(32)36-22-11-19(31)26-18(30)10-21(37-27(26)25(15)22)13-6-7-16(28)17(29)8-13/h2-8,10-11,15,28-29,31H,9,12H2,1H3. The first-order valence-corrected chi connectivity index (χ1v) is 11.1. The van der Waals surface area contributed by atoms with Gasteiger partial charge >= 0.3 is 11.9 Å². The molecule has 10 nitrogen and oxygen atoms in total. The van der Waals surface area contributed by atoms with Crippen molar-refractivity contribution >= 4 is 22.9 Å². The summed E-state index contributed by atoms with van der Waals surface area (Å²) in [5, 5.41) is 30.1. The van der Waals surface area contributed by atoms with E-state index in [0.717, 1.165) is 6.07 Å². The Morgan fingerprint density at radius 3 is 2.54 bits per heavy atom. The lowest BCUT2D eigenvalue weighted by Gasteiger charge is -2.27. The lowest BCUT2D eigenvalue weighted by Crippen LogP contribution is -2.23. The molecular formula is C27H20O10. The normalized spacial score (nSPS) is 14.6. The molecule has 0 bridgehead atoms. The van der Waals surface area contributed by atoms with Crippen LogP contribution in [0.2, 0.25) is 0 Å². The molecule has 1 aliphatic rings. The molecule has 5 rings (SSSR count). The highest BCUT2D eigenvalue weighted by molar-refractivity contribution is 5.93. The van der Waals surface area contributed by atoms with Crippen LogP contribution >= 0.6 is 0 Å². The third-order valence-electron chi connectivity index (χ3n) is 6.05. The van der Waals surface area contributed by atoms with Crippen LogP contribution in [0.3, 0.4) is 0 Å². The van der Waals surface area contributed by atoms with Crippen molar-refractivity contribution in [2.45, 2.75) is 12.3 Å². The molecule has 0 radical (unpaired) electrons. The first-order valence-electron chi connectivity index (χ1n) is 11.1. The number of methoxy groups -OCH3 is 1. The van der Waals surface area contributed by atoms with E-state index in [1.54, 1.807) is 24.3 Å². The molecule has 188 valence electrons. The second-order valence-corrected chi connectivity index (χ2v) is 8.32. The Bertz CT molecular complexity index is 1620. The van der Waals surface area contributed by atoms with Crippen molar-refractivity contribution in [3.63, 3.8) is 0 Å². The number of hydrogen-bond donors (Lipinski definition) is 3. The summed E-state index contributed by atoms with van der Waals surface area (Å²) in [6.45, 7) is -0.364. The summed E-state index contributed by atoms with van der Waals surface area (Å²) in [4.78, 5) is 37.3. The minimum Gasteiger partial charge on any atom is -0.507 e. The fraction of sp³-hybridized carbons (Fsp3) is 0.148. The van der Waals surface area contributed by atoms with Gasteiger partial charge in [-0.15, -0.1) is 0 Å². The average Bonchev–Trinajstić information content (AvgIpc) is 2.88. The van der Waals surface area contributed by atoms with Gasteiger partial charge in [-0.1, -0.05) is 18.2 Å². The third-order valence-corrected chi connectivity index (χ3v) is 6.05. The highest BCUT2D eigenvalue weighted by Crippen LogP contribution is 2.47. The first kappa shape index (κ1) is 23.7. The summed E-state index contributed by atoms with van der Waals surface area (Å²) < 4.78 is 21.8. The zero-order valence-corrected chi connectivity index (χ0v) is 19.4. The van der Waals surface area contributed by atoms with Gasteiger partial charge in [0, 0.05) is 34.7 Å². The number of phenolic OH excluding ortho intramolecular Hbond substituents is 3. The van der Waals surface area contributed by atoms with Crippen molar-refractivity contribution in [2.75, 3.05) is 13.7 Å². The molecule has 0 saturated heterocycles. The largest absolute Gasteiger partial charge is 0.507 e. The van der Waals surface area contributed by atoms with Gasteiger partial charge in [0.2, 0.25) is 0 Å². The van der Waals surface area contributed by atoms with Gasteiger partial charge in [-0.3, -0.25) is 9.59 Å². The number of hydrogen-bond acceptors (Lipinski definition) is 10. The maximum absolute atomic E-state index is 13.1. The Kier molecular flexibility index (Phi) is 5.92. The fourth-order valence-corrected chi connectivity index (χ4v) is 4.34. The van der Waals surface area contributed by atoms with Crippen LogP contribution in [0.25, 0.3) is 22.3 Å². The molecule has 0 spiro atoms. The first-order chi connectivity index (χ1) is 17.8. The molecule has 0 aliphatic carbocycles. The molecule has 2 heterocycles. The van der Waals surface area contributed by atoms with Crippen LogP contribution in [0.1, 0.15) is 23.5 Å². The van der Waals surface area contributed by atoms with E-state index < -0.39 is 34.8 Å². The molecular weight excluding hydrogens is 484 g/mol. The van der Waals surface area contributed by atoms with Gasteiger partial charge in [0.25, 0.3) is 0 Å². The summed E-state index contributed by atoms with van der Waals surface area (Å²) in [7, 11) is 1.23. The number of benzene rings is 3. The van der Waals surface area contributed by atoms with Crippen LogP contribution in [0.5, 0.6) is 28.7 Å². The van der Waals surface area contributed by atoms with Gasteiger partial charge in [0.05, 0.1) is 13.5 Å². The molecule has 4 aromatic rings. The molecule has 1 unspecified atom stereocenters. The van der Waals surface area contributed by atoms with Crippen LogP contribution < -0.4 is 14.9 Å². The number of ether oxygens (including phenoxy) is 3. The Labute approximate surface area is 208 Å². The van der Waals surface area contributed by atoms with Crippen molar-refractivity contribution in [1.82, 2.24) is 0 Å². The number of carbonyl (C=O) groups excluding carboxylic acids is 2. The van der Waals surface area contributed by atoms with Gasteiger partial charge in [-0.05, 0) is 24.3 Å². The third kappa shape index (κ3) is 4.29. The molecule has 37 heavy (non-hydrogen) atoms. The Morgan fingerprint density at radius 2 is 1.78 bits per heavy atom. The maximum Gasteiger partial charge on any atom is 0.343 e. The second kappa shape index (κ2) is 9.23. The Morgan fingerprint density at radius 1 is 1.00 bits per heavy atom. The molecule has 3 aromatic carbocycles. The van der Waals surface area contributed by atoms with Gasteiger partial charge in [-0.25, -0.2) is 4.79 Å². The highest BCUT2D eigenvalue weighted by Gasteiger charge is 2.35. The van der Waals surface area contributed by atoms with Crippen molar-refractivity contribution < 1.29 is 43.5 Å². The van der Waals surface area contributed by atoms with E-state index in [-0.39, 0.29) is 46.8 Å². The van der Waals surface area contributed by atoms with E-state index in [9.17, 15) is 29.7 Å². The minimum atomic E-state index is -0.722. The predicted molar refractivity (Wildman–Crippen MR) is 129 cm³/mol. The number of esters is 2. The maximum atomic E-state index is 13.1. The summed E-state index contributed by atoms with van der Waals surface area (Å²) in [5.41, 5.74) is 0.535. The number of carbonyl (C=O) groups is 2. The lowest BCUT2D eigenvalue weighted by molar-refractivity contribution is -0.143. The van der Waals surface area contributed by atoms with E-state index in [1.807, 2.05) is 0 Å². The van der Waals surface area contributed by atoms with E-state index in [1.165, 1.54) is 31.4 Å². The van der Waals surface area contributed by atoms with E-state index in [4.69, 9.17) is 13.9 Å². The highest BCUT2D eigenvalue weighted by atomic mass is 16.6. The molecule has 1 atom stereocenters. The molecule has 10 heteroatoms. The molecule has 0 amide bonds. The van der Waals surface area contributed by atoms with Crippen LogP contribution in [-0.4, -0.2) is 41.0 Å². The number of fused-ring (bicyclic) bond motifs is 3. The smallest absolute Gasteiger partial charge is 0.343 e. The number of para-hydroxylation sites is 1. The monoisotopic (exact) mass is 504 g/mol. The van der Waals surface area contributed by atoms with Crippen LogP contribution in [-0.2, 0) is 14.3 Å². The van der Waals surface area contributed by atoms with Gasteiger partial charge in [0.15, 0.2) is 23.5 Å². The van der Waals surface area contributed by atoms with Crippen molar-refractivity contribution in [3.05, 3.63) is 75.9 Å². The van der Waals surface area contributed by atoms with E-state index >= 15 is 0 Å². The van der Waals surface area contributed by atoms with Gasteiger partial charge < -0.3 is 33.9 Å². The zero-order chi connectivity index (χ0) is 26.3. The van der Waals surface area contributed by atoms with Crippen LogP contribution in [0, 0.1) is 0 Å². The summed E-state index contributed by atoms with van der Waals surface area (Å²) in [5.74, 6) is -2.75. The molecule has 3 N–H and O–H groups in total. The van der Waals surface area contributed by atoms with Crippen LogP contribution in [0.15, 0.2) is 63.8 Å². The van der Waals surface area contributed by atoms with E-state index in [2.05, 4.69) is 4.74 Å². The topological polar surface area (TPSA) is 153 Å². The molecule has 0 saturated carbocycles. The number of rotatable bonds is 5. The summed E-state index contributed by atoms with van der Waals surface area (Å²) in [6, 6.07) is 13.0. The van der Waals surface area contributed by atoms with Crippen molar-refractivity contribution in [3.8, 4) is 40.1 Å². The number of phenols is 3. The van der Waals surface area contributed by atoms with E-state index in [0.29, 0.717) is 16.9 Å². The Balaban J connectivity index is 1.74. The SMILES string of the molecule is COC(=O)COc1ccccc1C1CC(=O)Oc2cc(O)c3c(=O)cc(-c4ccc(O)c(O)c4)oc3c21. The summed E-state index contributed by atoms with van der Waals surface area (Å²) >= 11 is 0. The van der Waals surface area contributed by atoms with Crippen molar-refractivity contribution in [2.24, 2.45) is 0 Å². The molecule has 1 aliphatic heterocycles. The fourth-order valence-electron chi connectivity index (χ4n) is 4.34. The number of aromatic hydroxyl groups is 3. The summed E-state index contributed by atoms with van der Waals surface area (Å²) in [6.07, 6.45) is -0.139. The zero-order valence-electron chi connectivity index (χ0n) is 19.4. The quantitative estimate of drug-likeness (QED) is 0.209.